The molecule has 4 heterocycles. The smallest absolute Gasteiger partial charge is 0.192 e. The number of thiophene rings is 1. The van der Waals surface area contributed by atoms with Gasteiger partial charge in [0.2, 0.25) is 0 Å². The molecule has 8 rings (SSSR count). The predicted molar refractivity (Wildman–Crippen MR) is 138 cm³/mol. The molecule has 0 saturated heterocycles. The minimum Gasteiger partial charge on any atom is -0.364 e. The zero-order valence-electron chi connectivity index (χ0n) is 19.4. The topological polar surface area (TPSA) is 79.4 Å². The van der Waals surface area contributed by atoms with E-state index in [0.717, 1.165) is 38.6 Å². The summed E-state index contributed by atoms with van der Waals surface area (Å²) < 4.78 is 17.2. The fraction of sp³-hybridized carbons (Fsp3) is 0.333. The second-order valence-corrected chi connectivity index (χ2v) is 11.0. The highest BCUT2D eigenvalue weighted by molar-refractivity contribution is 7.22. The summed E-state index contributed by atoms with van der Waals surface area (Å²) in [5.74, 6) is 1.66. The van der Waals surface area contributed by atoms with Crippen LogP contribution in [0.3, 0.4) is 0 Å². The number of aryl methyl sites for hydroxylation is 1. The molecule has 176 valence electrons. The van der Waals surface area contributed by atoms with E-state index in [1.165, 1.54) is 25.7 Å². The van der Waals surface area contributed by atoms with Gasteiger partial charge in [0, 0.05) is 16.9 Å². The molecular weight excluding hydrogens is 459 g/mol. The highest BCUT2D eigenvalue weighted by Crippen LogP contribution is 2.43. The first-order valence-electron chi connectivity index (χ1n) is 12.3. The molecule has 1 aromatic carbocycles. The molecule has 6 nitrogen and oxygen atoms in total. The third-order valence-electron chi connectivity index (χ3n) is 7.62. The van der Waals surface area contributed by atoms with Crippen molar-refractivity contribution < 1.29 is 4.39 Å². The fourth-order valence-corrected chi connectivity index (χ4v) is 6.85. The van der Waals surface area contributed by atoms with Gasteiger partial charge in [-0.3, -0.25) is 0 Å². The van der Waals surface area contributed by atoms with E-state index in [2.05, 4.69) is 26.3 Å². The van der Waals surface area contributed by atoms with Crippen molar-refractivity contribution in [3.8, 4) is 22.0 Å². The summed E-state index contributed by atoms with van der Waals surface area (Å²) in [7, 11) is 0. The van der Waals surface area contributed by atoms with E-state index < -0.39 is 0 Å². The van der Waals surface area contributed by atoms with E-state index >= 15 is 4.39 Å². The van der Waals surface area contributed by atoms with Crippen LogP contribution < -0.4 is 5.32 Å². The Bertz CT molecular complexity index is 1530. The Morgan fingerprint density at radius 2 is 1.94 bits per heavy atom. The van der Waals surface area contributed by atoms with Crippen LogP contribution in [-0.2, 0) is 0 Å². The molecule has 3 fully saturated rings. The Kier molecular flexibility index (Phi) is 4.84. The number of nitrogens with zero attached hydrogens (tertiary/aromatic N) is 4. The van der Waals surface area contributed by atoms with Crippen LogP contribution in [0.5, 0.6) is 0 Å². The van der Waals surface area contributed by atoms with Crippen molar-refractivity contribution >= 4 is 38.4 Å². The van der Waals surface area contributed by atoms with Crippen molar-refractivity contribution in [3.63, 3.8) is 0 Å². The average Bonchev–Trinajstić information content (AvgIpc) is 3.50. The first kappa shape index (κ1) is 20.9. The van der Waals surface area contributed by atoms with Gasteiger partial charge < -0.3 is 10.3 Å². The molecular formula is C27H25FN6S. The van der Waals surface area contributed by atoms with Gasteiger partial charge >= 0.3 is 0 Å². The average molecular weight is 485 g/mol. The summed E-state index contributed by atoms with van der Waals surface area (Å²) in [6.45, 7) is 1.91. The second-order valence-electron chi connectivity index (χ2n) is 9.89. The molecule has 0 amide bonds. The maximum Gasteiger partial charge on any atom is 0.192 e. The Hall–Kier alpha value is -3.39. The Morgan fingerprint density at radius 3 is 2.74 bits per heavy atom. The van der Waals surface area contributed by atoms with Crippen molar-refractivity contribution in [2.45, 2.75) is 45.1 Å². The number of rotatable bonds is 4. The van der Waals surface area contributed by atoms with Crippen LogP contribution in [0.1, 0.15) is 37.8 Å². The van der Waals surface area contributed by atoms with E-state index in [0.29, 0.717) is 28.6 Å². The lowest BCUT2D eigenvalue weighted by atomic mass is 9.68. The number of benzene rings is 1. The van der Waals surface area contributed by atoms with Crippen molar-refractivity contribution in [1.82, 2.24) is 24.9 Å². The first-order valence-corrected chi connectivity index (χ1v) is 13.1. The maximum atomic E-state index is 16.1. The highest BCUT2D eigenvalue weighted by atomic mass is 32.1. The summed E-state index contributed by atoms with van der Waals surface area (Å²) in [5, 5.41) is 4.60. The largest absolute Gasteiger partial charge is 0.364 e. The van der Waals surface area contributed by atoms with Crippen molar-refractivity contribution in [1.29, 1.82) is 0 Å². The minimum atomic E-state index is -0.385. The van der Waals surface area contributed by atoms with E-state index in [9.17, 15) is 0 Å². The third-order valence-corrected chi connectivity index (χ3v) is 8.74. The first-order chi connectivity index (χ1) is 17.1. The van der Waals surface area contributed by atoms with Crippen LogP contribution in [0.15, 0.2) is 42.7 Å². The molecule has 3 aliphatic rings. The molecule has 2 bridgehead atoms. The standard InChI is InChI=1S/C27H25FN6S/c1-14-12-29-27-23(31-14)18(13-30-27)25-33-24(21-11-17-4-2-3-5-20(17)35-21)22(28)26(34-25)32-19-10-15-6-8-16(19)9-7-15/h2-5,11-13,15-16,19H,6-10H2,1H3,(H,29,30)(H,32,33,34). The number of H-pyrrole nitrogens is 1. The zero-order chi connectivity index (χ0) is 23.5. The summed E-state index contributed by atoms with van der Waals surface area (Å²) in [5.41, 5.74) is 3.23. The molecule has 0 aliphatic heterocycles. The number of nitrogens with one attached hydrogen (secondary N) is 2. The van der Waals surface area contributed by atoms with Crippen LogP contribution in [-0.4, -0.2) is 31.0 Å². The predicted octanol–water partition coefficient (Wildman–Crippen LogP) is 6.73. The molecule has 8 heteroatoms. The Balaban J connectivity index is 1.39. The van der Waals surface area contributed by atoms with E-state index in [1.54, 1.807) is 17.5 Å². The lowest BCUT2D eigenvalue weighted by Gasteiger charge is -2.42. The molecule has 35 heavy (non-hydrogen) atoms. The Labute approximate surface area is 206 Å². The number of anilines is 1. The molecule has 1 unspecified atom stereocenters. The zero-order valence-corrected chi connectivity index (χ0v) is 20.2. The van der Waals surface area contributed by atoms with Gasteiger partial charge in [-0.1, -0.05) is 31.0 Å². The van der Waals surface area contributed by atoms with Gasteiger partial charge in [0.1, 0.15) is 11.2 Å². The van der Waals surface area contributed by atoms with Crippen molar-refractivity contribution in [3.05, 3.63) is 54.2 Å². The minimum absolute atomic E-state index is 0.250. The number of hydrogen-bond acceptors (Lipinski definition) is 6. The summed E-state index contributed by atoms with van der Waals surface area (Å²) in [6, 6.07) is 10.4. The van der Waals surface area contributed by atoms with Gasteiger partial charge in [0.05, 0.1) is 22.3 Å². The molecule has 0 radical (unpaired) electrons. The van der Waals surface area contributed by atoms with Crippen LogP contribution in [0.25, 0.3) is 43.2 Å². The number of fused-ring (bicyclic) bond motifs is 5. The molecule has 3 aliphatic carbocycles. The Morgan fingerprint density at radius 1 is 1.09 bits per heavy atom. The molecule has 4 aromatic heterocycles. The van der Waals surface area contributed by atoms with Crippen molar-refractivity contribution in [2.24, 2.45) is 11.8 Å². The lowest BCUT2D eigenvalue weighted by Crippen LogP contribution is -2.40. The van der Waals surface area contributed by atoms with E-state index in [-0.39, 0.29) is 17.7 Å². The highest BCUT2D eigenvalue weighted by Gasteiger charge is 2.36. The van der Waals surface area contributed by atoms with Crippen molar-refractivity contribution in [2.75, 3.05) is 5.32 Å². The lowest BCUT2D eigenvalue weighted by molar-refractivity contribution is 0.157. The van der Waals surface area contributed by atoms with Gasteiger partial charge in [-0.15, -0.1) is 11.3 Å². The summed E-state index contributed by atoms with van der Waals surface area (Å²) >= 11 is 1.55. The fourth-order valence-electron chi connectivity index (χ4n) is 5.81. The monoisotopic (exact) mass is 484 g/mol. The summed E-state index contributed by atoms with van der Waals surface area (Å²) in [4.78, 5) is 22.5. The normalized spacial score (nSPS) is 21.7. The van der Waals surface area contributed by atoms with Crippen LogP contribution in [0.4, 0.5) is 10.2 Å². The maximum absolute atomic E-state index is 16.1. The van der Waals surface area contributed by atoms with Crippen LogP contribution >= 0.6 is 11.3 Å². The van der Waals surface area contributed by atoms with E-state index in [1.807, 2.05) is 37.4 Å². The van der Waals surface area contributed by atoms with Gasteiger partial charge in [-0.25, -0.2) is 24.3 Å². The van der Waals surface area contributed by atoms with E-state index in [4.69, 9.17) is 9.97 Å². The second kappa shape index (κ2) is 8.09. The molecule has 0 spiro atoms. The number of aromatic amines is 1. The quantitative estimate of drug-likeness (QED) is 0.295. The van der Waals surface area contributed by atoms with Crippen LogP contribution in [0, 0.1) is 24.6 Å². The summed E-state index contributed by atoms with van der Waals surface area (Å²) in [6.07, 6.45) is 9.63. The SMILES string of the molecule is Cc1cnc2[nH]cc(-c3nc(NC4CC5CCC4CC5)c(F)c(-c4cc5ccccc5s4)n3)c2n1. The molecule has 3 saturated carbocycles. The third kappa shape index (κ3) is 3.58. The van der Waals surface area contributed by atoms with Gasteiger partial charge in [0.15, 0.2) is 23.1 Å². The number of halogens is 1. The molecule has 2 N–H and O–H groups in total. The number of hydrogen-bond donors (Lipinski definition) is 2. The van der Waals surface area contributed by atoms with Gasteiger partial charge in [0.25, 0.3) is 0 Å². The van der Waals surface area contributed by atoms with Gasteiger partial charge in [-0.2, -0.15) is 0 Å². The number of aromatic nitrogens is 5. The van der Waals surface area contributed by atoms with Crippen LogP contribution in [0.2, 0.25) is 0 Å². The molecule has 5 aromatic rings. The van der Waals surface area contributed by atoms with Gasteiger partial charge in [-0.05, 0) is 55.5 Å². The molecule has 1 atom stereocenters.